The molecule has 0 saturated carbocycles. The molecule has 2 aromatic carbocycles. The molecule has 0 radical (unpaired) electrons. The van der Waals surface area contributed by atoms with E-state index in [1.165, 1.54) is 11.1 Å². The van der Waals surface area contributed by atoms with E-state index in [0.717, 1.165) is 83.7 Å². The Morgan fingerprint density at radius 1 is 0.927 bits per heavy atom. The predicted molar refractivity (Wildman–Crippen MR) is 216 cm³/mol. The molecule has 3 aromatic heterocycles. The maximum absolute atomic E-state index is 13.6. The lowest BCUT2D eigenvalue weighted by Gasteiger charge is -2.31. The van der Waals surface area contributed by atoms with Crippen molar-refractivity contribution in [3.63, 3.8) is 0 Å². The fraction of sp³-hybridized carbons (Fsp3) is 0.419. The second-order valence-electron chi connectivity index (χ2n) is 14.7. The van der Waals surface area contributed by atoms with Gasteiger partial charge in [-0.1, -0.05) is 43.3 Å². The number of hydrogen-bond donors (Lipinski definition) is 4. The first kappa shape index (κ1) is 38.1. The number of amides is 2. The van der Waals surface area contributed by atoms with Crippen molar-refractivity contribution in [1.29, 1.82) is 0 Å². The Balaban J connectivity index is 1.02. The van der Waals surface area contributed by atoms with Crippen molar-refractivity contribution in [2.24, 2.45) is 0 Å². The zero-order valence-corrected chi connectivity index (χ0v) is 32.5. The van der Waals surface area contributed by atoms with Gasteiger partial charge < -0.3 is 26.0 Å². The van der Waals surface area contributed by atoms with Crippen molar-refractivity contribution in [3.8, 4) is 11.1 Å². The van der Waals surface area contributed by atoms with Crippen molar-refractivity contribution in [3.05, 3.63) is 106 Å². The Hall–Kier alpha value is -5.17. The Labute approximate surface area is 323 Å². The molecule has 7 rings (SSSR count). The summed E-state index contributed by atoms with van der Waals surface area (Å²) in [5, 5.41) is 18.9. The number of pyridine rings is 2. The first-order valence-corrected chi connectivity index (χ1v) is 19.7. The normalized spacial score (nSPS) is 16.6. The number of carbonyl (C=O) groups is 2. The molecule has 55 heavy (non-hydrogen) atoms. The van der Waals surface area contributed by atoms with Gasteiger partial charge in [0.25, 0.3) is 11.8 Å². The number of nitrogens with zero attached hydrogens (tertiary/aromatic N) is 5. The van der Waals surface area contributed by atoms with Crippen molar-refractivity contribution in [1.82, 2.24) is 40.6 Å². The van der Waals surface area contributed by atoms with Gasteiger partial charge in [0, 0.05) is 82.4 Å². The molecule has 2 fully saturated rings. The van der Waals surface area contributed by atoms with Crippen LogP contribution in [0, 0.1) is 6.92 Å². The van der Waals surface area contributed by atoms with E-state index in [4.69, 9.17) is 9.72 Å². The minimum absolute atomic E-state index is 0.172. The lowest BCUT2D eigenvalue weighted by atomic mass is 9.96. The summed E-state index contributed by atoms with van der Waals surface area (Å²) in [6.45, 7) is 15.2. The van der Waals surface area contributed by atoms with Crippen LogP contribution in [0.4, 0.5) is 5.69 Å². The van der Waals surface area contributed by atoms with Crippen LogP contribution in [-0.4, -0.2) is 81.4 Å². The summed E-state index contributed by atoms with van der Waals surface area (Å²) in [6, 6.07) is 20.7. The van der Waals surface area contributed by atoms with Crippen LogP contribution in [0.15, 0.2) is 66.9 Å². The fourth-order valence-electron chi connectivity index (χ4n) is 7.66. The Bertz CT molecular complexity index is 2140. The Kier molecular flexibility index (Phi) is 12.1. The van der Waals surface area contributed by atoms with Gasteiger partial charge in [0.2, 0.25) is 0 Å². The van der Waals surface area contributed by atoms with E-state index in [0.29, 0.717) is 38.8 Å². The SMILES string of the molecule is CCc1nc2c(cnn2CC)c(NC2CCOCC2)c1CNC(=O)c1cccc(C(=O)NCc2ccc(C)c(-c3cccc(CN4CCN[C@@H](C)C4)c3)c2)n1. The molecule has 2 aliphatic rings. The van der Waals surface area contributed by atoms with Gasteiger partial charge in [-0.3, -0.25) is 14.5 Å². The Morgan fingerprint density at radius 2 is 1.69 bits per heavy atom. The topological polar surface area (TPSA) is 138 Å². The number of piperazine rings is 1. The highest BCUT2D eigenvalue weighted by Gasteiger charge is 2.23. The summed E-state index contributed by atoms with van der Waals surface area (Å²) >= 11 is 0. The minimum atomic E-state index is -0.366. The number of benzene rings is 2. The zero-order chi connectivity index (χ0) is 38.3. The third-order valence-electron chi connectivity index (χ3n) is 10.7. The lowest BCUT2D eigenvalue weighted by Crippen LogP contribution is -2.48. The largest absolute Gasteiger partial charge is 0.381 e. The summed E-state index contributed by atoms with van der Waals surface area (Å²) in [4.78, 5) is 38.9. The third-order valence-corrected chi connectivity index (χ3v) is 10.7. The maximum Gasteiger partial charge on any atom is 0.270 e. The maximum atomic E-state index is 13.6. The second-order valence-corrected chi connectivity index (χ2v) is 14.7. The molecule has 0 unspecified atom stereocenters. The summed E-state index contributed by atoms with van der Waals surface area (Å²) in [6.07, 6.45) is 4.34. The van der Waals surface area contributed by atoms with E-state index < -0.39 is 0 Å². The molecule has 2 amide bonds. The van der Waals surface area contributed by atoms with Gasteiger partial charge in [-0.2, -0.15) is 5.10 Å². The zero-order valence-electron chi connectivity index (χ0n) is 32.5. The van der Waals surface area contributed by atoms with Gasteiger partial charge in [0.05, 0.1) is 17.3 Å². The summed E-state index contributed by atoms with van der Waals surface area (Å²) in [5.41, 5.74) is 9.71. The summed E-state index contributed by atoms with van der Waals surface area (Å²) < 4.78 is 7.50. The van der Waals surface area contributed by atoms with Gasteiger partial charge in [-0.05, 0) is 92.1 Å². The molecule has 4 N–H and O–H groups in total. The van der Waals surface area contributed by atoms with Crippen LogP contribution in [-0.2, 0) is 37.3 Å². The van der Waals surface area contributed by atoms with Crippen LogP contribution in [0.1, 0.15) is 82.5 Å². The van der Waals surface area contributed by atoms with Gasteiger partial charge in [-0.15, -0.1) is 0 Å². The van der Waals surface area contributed by atoms with Crippen molar-refractivity contribution < 1.29 is 14.3 Å². The molecule has 5 heterocycles. The van der Waals surface area contributed by atoms with Crippen molar-refractivity contribution in [2.75, 3.05) is 38.2 Å². The van der Waals surface area contributed by atoms with Crippen LogP contribution < -0.4 is 21.3 Å². The van der Waals surface area contributed by atoms with Gasteiger partial charge in [-0.25, -0.2) is 14.6 Å². The van der Waals surface area contributed by atoms with E-state index in [-0.39, 0.29) is 35.8 Å². The molecule has 1 atom stereocenters. The van der Waals surface area contributed by atoms with E-state index in [9.17, 15) is 9.59 Å². The van der Waals surface area contributed by atoms with Crippen molar-refractivity contribution in [2.45, 2.75) is 85.2 Å². The highest BCUT2D eigenvalue weighted by atomic mass is 16.5. The number of aryl methyl sites for hydroxylation is 3. The fourth-order valence-corrected chi connectivity index (χ4v) is 7.66. The van der Waals surface area contributed by atoms with E-state index >= 15 is 0 Å². The molecule has 2 aliphatic heterocycles. The number of nitrogens with one attached hydrogen (secondary N) is 4. The van der Waals surface area contributed by atoms with Crippen LogP contribution >= 0.6 is 0 Å². The monoisotopic (exact) mass is 743 g/mol. The number of aromatic nitrogens is 4. The summed E-state index contributed by atoms with van der Waals surface area (Å²) in [7, 11) is 0. The van der Waals surface area contributed by atoms with E-state index in [2.05, 4.69) is 100 Å². The molecule has 5 aromatic rings. The highest BCUT2D eigenvalue weighted by molar-refractivity contribution is 5.97. The van der Waals surface area contributed by atoms with Gasteiger partial charge >= 0.3 is 0 Å². The molecule has 12 heteroatoms. The molecular weight excluding hydrogens is 691 g/mol. The molecule has 0 bridgehead atoms. The predicted octanol–water partition coefficient (Wildman–Crippen LogP) is 5.63. The smallest absolute Gasteiger partial charge is 0.270 e. The average Bonchev–Trinajstić information content (AvgIpc) is 3.63. The number of rotatable bonds is 13. The number of ether oxygens (including phenoxy) is 1. The first-order chi connectivity index (χ1) is 26.8. The van der Waals surface area contributed by atoms with Gasteiger partial charge in [0.15, 0.2) is 5.65 Å². The number of fused-ring (bicyclic) bond motifs is 1. The highest BCUT2D eigenvalue weighted by Crippen LogP contribution is 2.31. The molecule has 0 aliphatic carbocycles. The number of carbonyl (C=O) groups excluding carboxylic acids is 2. The average molecular weight is 744 g/mol. The first-order valence-electron chi connectivity index (χ1n) is 19.7. The molecular formula is C43H53N9O3. The third kappa shape index (κ3) is 9.04. The van der Waals surface area contributed by atoms with Crippen LogP contribution in [0.2, 0.25) is 0 Å². The standard InChI is InChI=1S/C43H53N9O3/c1-5-37-35(40(48-33-15-19-55-20-16-33)36-25-47-52(6-2)41(36)50-37)24-46-43(54)39-12-8-11-38(49-39)42(53)45-23-30-14-13-28(3)34(22-30)32-10-7-9-31(21-32)27-51-18-17-44-29(4)26-51/h7-14,21-22,25,29,33,44H,5-6,15-20,23-24,26-27H2,1-4H3,(H,45,53)(H,46,54)(H,48,50)/t29-/m0/s1. The van der Waals surface area contributed by atoms with E-state index in [1.54, 1.807) is 18.2 Å². The van der Waals surface area contributed by atoms with Crippen molar-refractivity contribution >= 4 is 28.5 Å². The van der Waals surface area contributed by atoms with Crippen LogP contribution in [0.25, 0.3) is 22.2 Å². The Morgan fingerprint density at radius 3 is 2.44 bits per heavy atom. The quantitative estimate of drug-likeness (QED) is 0.121. The molecule has 2 saturated heterocycles. The number of anilines is 1. The summed E-state index contributed by atoms with van der Waals surface area (Å²) in [5.74, 6) is -0.710. The van der Waals surface area contributed by atoms with Crippen LogP contribution in [0.5, 0.6) is 0 Å². The van der Waals surface area contributed by atoms with E-state index in [1.807, 2.05) is 16.9 Å². The minimum Gasteiger partial charge on any atom is -0.381 e. The van der Waals surface area contributed by atoms with Gasteiger partial charge in [0.1, 0.15) is 11.4 Å². The van der Waals surface area contributed by atoms with Crippen LogP contribution in [0.3, 0.4) is 0 Å². The number of hydrogen-bond acceptors (Lipinski definition) is 9. The lowest BCUT2D eigenvalue weighted by molar-refractivity contribution is 0.0904. The molecule has 12 nitrogen and oxygen atoms in total. The second kappa shape index (κ2) is 17.5. The molecule has 0 spiro atoms. The molecule has 288 valence electrons.